The van der Waals surface area contributed by atoms with Crippen LogP contribution in [0.1, 0.15) is 18.9 Å². The maximum atomic E-state index is 11.7. The average Bonchev–Trinajstić information content (AvgIpc) is 2.94. The predicted octanol–water partition coefficient (Wildman–Crippen LogP) is 1.55. The Kier molecular flexibility index (Phi) is 3.06. The lowest BCUT2D eigenvalue weighted by molar-refractivity contribution is -0.144. The van der Waals surface area contributed by atoms with Crippen LogP contribution in [0.25, 0.3) is 0 Å². The molecule has 0 spiro atoms. The van der Waals surface area contributed by atoms with Crippen molar-refractivity contribution in [3.05, 3.63) is 23.8 Å². The molecule has 1 fully saturated rings. The molecule has 0 amide bonds. The molecule has 0 bridgehead atoms. The fraction of sp³-hybridized carbons (Fsp3) is 0.500. The van der Waals surface area contributed by atoms with E-state index < -0.39 is 0 Å². The van der Waals surface area contributed by atoms with E-state index in [1.54, 1.807) is 0 Å². The van der Waals surface area contributed by atoms with Crippen LogP contribution >= 0.6 is 0 Å². The van der Waals surface area contributed by atoms with Crippen LogP contribution in [-0.4, -0.2) is 36.9 Å². The van der Waals surface area contributed by atoms with E-state index in [1.165, 1.54) is 0 Å². The molecule has 102 valence electrons. The molecule has 0 N–H and O–H groups in total. The number of fused-ring (bicyclic) bond motifs is 1. The van der Waals surface area contributed by atoms with E-state index in [1.807, 2.05) is 37.1 Å². The third-order valence-electron chi connectivity index (χ3n) is 3.55. The first kappa shape index (κ1) is 12.3. The van der Waals surface area contributed by atoms with E-state index >= 15 is 0 Å². The molecular weight excluding hydrogens is 246 g/mol. The fourth-order valence-corrected chi connectivity index (χ4v) is 2.53. The number of carbonyl (C=O) groups excluding carboxylic acids is 1. The average molecular weight is 263 g/mol. The lowest BCUT2D eigenvalue weighted by atomic mass is 10.1. The summed E-state index contributed by atoms with van der Waals surface area (Å²) in [5.74, 6) is 1.42. The zero-order valence-corrected chi connectivity index (χ0v) is 11.1. The van der Waals surface area contributed by atoms with Gasteiger partial charge in [-0.1, -0.05) is 6.07 Å². The summed E-state index contributed by atoms with van der Waals surface area (Å²) in [6, 6.07) is 5.71. The van der Waals surface area contributed by atoms with Crippen LogP contribution < -0.4 is 9.47 Å². The Balaban J connectivity index is 1.69. The number of cyclic esters (lactones) is 1. The van der Waals surface area contributed by atoms with Crippen LogP contribution in [-0.2, 0) is 16.1 Å². The van der Waals surface area contributed by atoms with Gasteiger partial charge in [-0.15, -0.1) is 0 Å². The standard InChI is InChI=1S/C14H17NO4/c1-9-5-11(14(16)19-9)15(2)7-10-3-4-12-13(6-10)18-8-17-12/h3-4,6,9,11H,5,7-8H2,1-2H3/t9-,11-/m1/s1. The van der Waals surface area contributed by atoms with E-state index in [9.17, 15) is 4.79 Å². The summed E-state index contributed by atoms with van der Waals surface area (Å²) < 4.78 is 15.8. The van der Waals surface area contributed by atoms with Gasteiger partial charge >= 0.3 is 5.97 Å². The van der Waals surface area contributed by atoms with Gasteiger partial charge in [0.25, 0.3) is 0 Å². The highest BCUT2D eigenvalue weighted by molar-refractivity contribution is 5.77. The normalized spacial score (nSPS) is 24.9. The van der Waals surface area contributed by atoms with Crippen molar-refractivity contribution in [2.45, 2.75) is 32.0 Å². The van der Waals surface area contributed by atoms with Gasteiger partial charge in [0.15, 0.2) is 11.5 Å². The number of nitrogens with zero attached hydrogens (tertiary/aromatic N) is 1. The Morgan fingerprint density at radius 2 is 2.11 bits per heavy atom. The second kappa shape index (κ2) is 4.74. The number of esters is 1. The first-order chi connectivity index (χ1) is 9.13. The van der Waals surface area contributed by atoms with E-state index in [2.05, 4.69) is 0 Å². The first-order valence-electron chi connectivity index (χ1n) is 6.43. The molecule has 2 atom stereocenters. The van der Waals surface area contributed by atoms with Crippen molar-refractivity contribution in [2.75, 3.05) is 13.8 Å². The SMILES string of the molecule is C[C@@H]1C[C@@H](N(C)Cc2ccc3c(c2)OCO3)C(=O)O1. The molecule has 1 aromatic carbocycles. The van der Waals surface area contributed by atoms with Gasteiger partial charge in [-0.05, 0) is 31.7 Å². The second-order valence-corrected chi connectivity index (χ2v) is 5.10. The Morgan fingerprint density at radius 3 is 2.84 bits per heavy atom. The van der Waals surface area contributed by atoms with Crippen LogP contribution in [0.15, 0.2) is 18.2 Å². The Labute approximate surface area is 112 Å². The van der Waals surface area contributed by atoms with E-state index in [-0.39, 0.29) is 24.9 Å². The minimum absolute atomic E-state index is 0.0108. The van der Waals surface area contributed by atoms with E-state index in [0.717, 1.165) is 23.5 Å². The number of ether oxygens (including phenoxy) is 3. The highest BCUT2D eigenvalue weighted by atomic mass is 16.7. The van der Waals surface area contributed by atoms with Crippen molar-refractivity contribution in [3.63, 3.8) is 0 Å². The topological polar surface area (TPSA) is 48.0 Å². The van der Waals surface area contributed by atoms with Gasteiger partial charge in [-0.2, -0.15) is 0 Å². The third-order valence-corrected chi connectivity index (χ3v) is 3.55. The molecule has 0 aliphatic carbocycles. The number of benzene rings is 1. The molecule has 2 heterocycles. The summed E-state index contributed by atoms with van der Waals surface area (Å²) in [5, 5.41) is 0. The minimum Gasteiger partial charge on any atom is -0.461 e. The van der Waals surface area contributed by atoms with Crippen molar-refractivity contribution >= 4 is 5.97 Å². The van der Waals surface area contributed by atoms with Crippen LogP contribution in [0, 0.1) is 0 Å². The molecule has 1 saturated heterocycles. The quantitative estimate of drug-likeness (QED) is 0.774. The number of hydrogen-bond acceptors (Lipinski definition) is 5. The first-order valence-corrected chi connectivity index (χ1v) is 6.43. The van der Waals surface area contributed by atoms with Gasteiger partial charge < -0.3 is 14.2 Å². The summed E-state index contributed by atoms with van der Waals surface area (Å²) in [5.41, 5.74) is 1.10. The number of carbonyl (C=O) groups is 1. The van der Waals surface area contributed by atoms with Crippen molar-refractivity contribution in [2.24, 2.45) is 0 Å². The van der Waals surface area contributed by atoms with Gasteiger partial charge in [-0.3, -0.25) is 9.69 Å². The molecule has 3 rings (SSSR count). The summed E-state index contributed by atoms with van der Waals surface area (Å²) in [6.07, 6.45) is 0.761. The Morgan fingerprint density at radius 1 is 1.32 bits per heavy atom. The minimum atomic E-state index is -0.152. The van der Waals surface area contributed by atoms with Gasteiger partial charge in [0.1, 0.15) is 12.1 Å². The number of likely N-dealkylation sites (N-methyl/N-ethyl adjacent to an activating group) is 1. The largest absolute Gasteiger partial charge is 0.461 e. The lowest BCUT2D eigenvalue weighted by Gasteiger charge is -2.21. The molecule has 19 heavy (non-hydrogen) atoms. The maximum absolute atomic E-state index is 11.7. The van der Waals surface area contributed by atoms with E-state index in [0.29, 0.717) is 6.54 Å². The zero-order chi connectivity index (χ0) is 13.4. The van der Waals surface area contributed by atoms with Crippen molar-refractivity contribution in [1.82, 2.24) is 4.90 Å². The summed E-state index contributed by atoms with van der Waals surface area (Å²) in [4.78, 5) is 13.7. The van der Waals surface area contributed by atoms with Crippen molar-refractivity contribution in [1.29, 1.82) is 0 Å². The Bertz CT molecular complexity index is 502. The molecule has 1 aromatic rings. The van der Waals surface area contributed by atoms with Crippen LogP contribution in [0.2, 0.25) is 0 Å². The monoisotopic (exact) mass is 263 g/mol. The van der Waals surface area contributed by atoms with Gasteiger partial charge in [0.2, 0.25) is 6.79 Å². The zero-order valence-electron chi connectivity index (χ0n) is 11.1. The summed E-state index contributed by atoms with van der Waals surface area (Å²) in [6.45, 7) is 2.89. The molecule has 0 aromatic heterocycles. The number of rotatable bonds is 3. The third kappa shape index (κ3) is 2.38. The van der Waals surface area contributed by atoms with Gasteiger partial charge in [0, 0.05) is 13.0 Å². The summed E-state index contributed by atoms with van der Waals surface area (Å²) >= 11 is 0. The highest BCUT2D eigenvalue weighted by Gasteiger charge is 2.34. The molecule has 5 heteroatoms. The maximum Gasteiger partial charge on any atom is 0.323 e. The van der Waals surface area contributed by atoms with Gasteiger partial charge in [-0.25, -0.2) is 0 Å². The molecule has 0 unspecified atom stereocenters. The predicted molar refractivity (Wildman–Crippen MR) is 68.0 cm³/mol. The van der Waals surface area contributed by atoms with Gasteiger partial charge in [0.05, 0.1) is 0 Å². The molecular formula is C14H17NO4. The van der Waals surface area contributed by atoms with Crippen molar-refractivity contribution < 1.29 is 19.0 Å². The van der Waals surface area contributed by atoms with Crippen LogP contribution in [0.4, 0.5) is 0 Å². The second-order valence-electron chi connectivity index (χ2n) is 5.10. The lowest BCUT2D eigenvalue weighted by Crippen LogP contribution is -2.34. The number of hydrogen-bond donors (Lipinski definition) is 0. The van der Waals surface area contributed by atoms with Crippen LogP contribution in [0.3, 0.4) is 0 Å². The molecule has 0 saturated carbocycles. The summed E-state index contributed by atoms with van der Waals surface area (Å²) in [7, 11) is 1.94. The molecule has 2 aliphatic rings. The highest BCUT2D eigenvalue weighted by Crippen LogP contribution is 2.33. The fourth-order valence-electron chi connectivity index (χ4n) is 2.53. The molecule has 0 radical (unpaired) electrons. The molecule has 5 nitrogen and oxygen atoms in total. The van der Waals surface area contributed by atoms with E-state index in [4.69, 9.17) is 14.2 Å². The molecule has 2 aliphatic heterocycles. The Hall–Kier alpha value is -1.75. The van der Waals surface area contributed by atoms with Crippen molar-refractivity contribution in [3.8, 4) is 11.5 Å². The van der Waals surface area contributed by atoms with Crippen LogP contribution in [0.5, 0.6) is 11.5 Å². The smallest absolute Gasteiger partial charge is 0.323 e.